The lowest BCUT2D eigenvalue weighted by molar-refractivity contribution is -0.126. The number of aliphatic hydroxyl groups excluding tert-OH is 1. The van der Waals surface area contributed by atoms with Crippen molar-refractivity contribution in [3.63, 3.8) is 0 Å². The van der Waals surface area contributed by atoms with Crippen molar-refractivity contribution >= 4 is 5.91 Å². The number of nitrogens with two attached hydrogens (primary N) is 1. The van der Waals surface area contributed by atoms with Crippen molar-refractivity contribution in [2.75, 3.05) is 6.54 Å². The van der Waals surface area contributed by atoms with Gasteiger partial charge in [-0.3, -0.25) is 4.79 Å². The highest BCUT2D eigenvalue weighted by Gasteiger charge is 2.31. The van der Waals surface area contributed by atoms with Gasteiger partial charge in [-0.05, 0) is 25.7 Å². The number of aliphatic hydroxyl groups is 1. The normalized spacial score (nSPS) is 25.8. The molecule has 4 N–H and O–H groups in total. The Bertz CT molecular complexity index is 239. The zero-order chi connectivity index (χ0) is 12.2. The Morgan fingerprint density at radius 1 is 1.44 bits per heavy atom. The third-order valence-corrected chi connectivity index (χ3v) is 3.86. The fraction of sp³-hybridized carbons (Fsp3) is 0.917. The number of nitrogens with one attached hydrogen (secondary N) is 1. The van der Waals surface area contributed by atoms with Gasteiger partial charge in [0, 0.05) is 12.5 Å². The predicted octanol–water partition coefficient (Wildman–Crippen LogP) is 0.781. The van der Waals surface area contributed by atoms with Gasteiger partial charge in [0.2, 0.25) is 5.91 Å². The van der Waals surface area contributed by atoms with Crippen molar-refractivity contribution in [1.29, 1.82) is 0 Å². The molecule has 0 spiro atoms. The van der Waals surface area contributed by atoms with Crippen LogP contribution < -0.4 is 11.1 Å². The number of carbonyl (C=O) groups is 1. The molecule has 0 saturated heterocycles. The zero-order valence-electron chi connectivity index (χ0n) is 10.3. The van der Waals surface area contributed by atoms with E-state index in [-0.39, 0.29) is 17.9 Å². The van der Waals surface area contributed by atoms with E-state index in [1.54, 1.807) is 0 Å². The Labute approximate surface area is 97.6 Å². The minimum absolute atomic E-state index is 0.0865. The van der Waals surface area contributed by atoms with Gasteiger partial charge in [-0.15, -0.1) is 0 Å². The maximum atomic E-state index is 11.9. The average Bonchev–Trinajstić information content (AvgIpc) is 2.70. The second-order valence-corrected chi connectivity index (χ2v) is 4.83. The fourth-order valence-corrected chi connectivity index (χ4v) is 2.23. The molecule has 16 heavy (non-hydrogen) atoms. The Balaban J connectivity index is 2.40. The Morgan fingerprint density at radius 2 is 2.06 bits per heavy atom. The highest BCUT2D eigenvalue weighted by Crippen LogP contribution is 2.24. The highest BCUT2D eigenvalue weighted by atomic mass is 16.3. The lowest BCUT2D eigenvalue weighted by Crippen LogP contribution is -2.54. The maximum absolute atomic E-state index is 11.9. The van der Waals surface area contributed by atoms with E-state index in [9.17, 15) is 9.90 Å². The van der Waals surface area contributed by atoms with Gasteiger partial charge in [0.05, 0.1) is 11.6 Å². The zero-order valence-corrected chi connectivity index (χ0v) is 10.3. The fourth-order valence-electron chi connectivity index (χ4n) is 2.23. The number of hydrogen-bond acceptors (Lipinski definition) is 3. The summed E-state index contributed by atoms with van der Waals surface area (Å²) in [5.41, 5.74) is 5.24. The van der Waals surface area contributed by atoms with Crippen LogP contribution in [0.15, 0.2) is 0 Å². The van der Waals surface area contributed by atoms with Crippen molar-refractivity contribution in [1.82, 2.24) is 5.32 Å². The third kappa shape index (κ3) is 2.95. The highest BCUT2D eigenvalue weighted by molar-refractivity contribution is 5.85. The molecule has 0 aliphatic heterocycles. The lowest BCUT2D eigenvalue weighted by atomic mass is 9.93. The summed E-state index contributed by atoms with van der Waals surface area (Å²) in [5, 5.41) is 12.5. The number of rotatable bonds is 5. The quantitative estimate of drug-likeness (QED) is 0.651. The van der Waals surface area contributed by atoms with Crippen LogP contribution in [0, 0.1) is 5.92 Å². The van der Waals surface area contributed by atoms with E-state index in [4.69, 9.17) is 5.73 Å². The van der Waals surface area contributed by atoms with Crippen LogP contribution >= 0.6 is 0 Å². The number of amides is 1. The van der Waals surface area contributed by atoms with Crippen LogP contribution in [-0.2, 0) is 4.79 Å². The largest absolute Gasteiger partial charge is 0.393 e. The molecule has 4 heteroatoms. The second kappa shape index (κ2) is 5.64. The molecule has 0 aromatic rings. The average molecular weight is 228 g/mol. The van der Waals surface area contributed by atoms with E-state index in [0.717, 1.165) is 19.3 Å². The van der Waals surface area contributed by atoms with Gasteiger partial charge in [0.25, 0.3) is 0 Å². The first-order valence-electron chi connectivity index (χ1n) is 6.28. The van der Waals surface area contributed by atoms with Crippen molar-refractivity contribution in [2.45, 2.75) is 57.6 Å². The third-order valence-electron chi connectivity index (χ3n) is 3.86. The van der Waals surface area contributed by atoms with Crippen LogP contribution in [0.1, 0.15) is 46.0 Å². The van der Waals surface area contributed by atoms with Gasteiger partial charge in [0.1, 0.15) is 0 Å². The van der Waals surface area contributed by atoms with Gasteiger partial charge in [-0.2, -0.15) is 0 Å². The lowest BCUT2D eigenvalue weighted by Gasteiger charge is -2.26. The van der Waals surface area contributed by atoms with Crippen molar-refractivity contribution in [2.24, 2.45) is 11.7 Å². The summed E-state index contributed by atoms with van der Waals surface area (Å²) in [6.07, 6.45) is 3.94. The summed E-state index contributed by atoms with van der Waals surface area (Å²) >= 11 is 0. The molecule has 94 valence electrons. The first-order chi connectivity index (χ1) is 7.53. The molecule has 1 aliphatic rings. The minimum atomic E-state index is -0.746. The Kier molecular flexibility index (Phi) is 4.74. The molecule has 0 aromatic carbocycles. The molecule has 2 atom stereocenters. The molecule has 0 heterocycles. The minimum Gasteiger partial charge on any atom is -0.393 e. The van der Waals surface area contributed by atoms with Crippen LogP contribution in [0.3, 0.4) is 0 Å². The molecular weight excluding hydrogens is 204 g/mol. The SMILES string of the molecule is CCC(N)(CC)C(=O)NCC1CCCC1O. The predicted molar refractivity (Wildman–Crippen MR) is 63.9 cm³/mol. The summed E-state index contributed by atoms with van der Waals surface area (Å²) in [6.45, 7) is 4.40. The molecule has 1 saturated carbocycles. The van der Waals surface area contributed by atoms with Gasteiger partial charge in [0.15, 0.2) is 0 Å². The van der Waals surface area contributed by atoms with Gasteiger partial charge in [-0.1, -0.05) is 20.3 Å². The number of hydrogen-bond donors (Lipinski definition) is 3. The molecular formula is C12H24N2O2. The molecule has 1 amide bonds. The summed E-state index contributed by atoms with van der Waals surface area (Å²) < 4.78 is 0. The topological polar surface area (TPSA) is 75.4 Å². The Hall–Kier alpha value is -0.610. The van der Waals surface area contributed by atoms with E-state index >= 15 is 0 Å². The molecule has 0 radical (unpaired) electrons. The van der Waals surface area contributed by atoms with Crippen LogP contribution in [-0.4, -0.2) is 29.2 Å². The summed E-state index contributed by atoms with van der Waals surface area (Å²) in [4.78, 5) is 11.9. The van der Waals surface area contributed by atoms with E-state index in [0.29, 0.717) is 19.4 Å². The van der Waals surface area contributed by atoms with Gasteiger partial charge >= 0.3 is 0 Å². The van der Waals surface area contributed by atoms with Gasteiger partial charge < -0.3 is 16.2 Å². The molecule has 1 fully saturated rings. The monoisotopic (exact) mass is 228 g/mol. The van der Waals surface area contributed by atoms with Gasteiger partial charge in [-0.25, -0.2) is 0 Å². The summed E-state index contributed by atoms with van der Waals surface area (Å²) in [6, 6.07) is 0. The van der Waals surface area contributed by atoms with Crippen LogP contribution in [0.2, 0.25) is 0 Å². The maximum Gasteiger partial charge on any atom is 0.240 e. The standard InChI is InChI=1S/C12H24N2O2/c1-3-12(13,4-2)11(16)14-8-9-6-5-7-10(9)15/h9-10,15H,3-8,13H2,1-2H3,(H,14,16). The van der Waals surface area contributed by atoms with E-state index in [1.165, 1.54) is 0 Å². The van der Waals surface area contributed by atoms with Crippen LogP contribution in [0.4, 0.5) is 0 Å². The molecule has 4 nitrogen and oxygen atoms in total. The van der Waals surface area contributed by atoms with Crippen LogP contribution in [0.25, 0.3) is 0 Å². The Morgan fingerprint density at radius 3 is 2.50 bits per heavy atom. The smallest absolute Gasteiger partial charge is 0.240 e. The van der Waals surface area contributed by atoms with E-state index in [2.05, 4.69) is 5.32 Å². The van der Waals surface area contributed by atoms with Crippen molar-refractivity contribution < 1.29 is 9.90 Å². The van der Waals surface area contributed by atoms with Crippen molar-refractivity contribution in [3.8, 4) is 0 Å². The number of carbonyl (C=O) groups excluding carboxylic acids is 1. The molecule has 0 aromatic heterocycles. The summed E-state index contributed by atoms with van der Waals surface area (Å²) in [7, 11) is 0. The second-order valence-electron chi connectivity index (χ2n) is 4.83. The molecule has 1 rings (SSSR count). The molecule has 1 aliphatic carbocycles. The van der Waals surface area contributed by atoms with E-state index < -0.39 is 5.54 Å². The van der Waals surface area contributed by atoms with Crippen LogP contribution in [0.5, 0.6) is 0 Å². The van der Waals surface area contributed by atoms with E-state index in [1.807, 2.05) is 13.8 Å². The first-order valence-corrected chi connectivity index (χ1v) is 6.28. The summed E-state index contributed by atoms with van der Waals surface area (Å²) in [5.74, 6) is 0.124. The van der Waals surface area contributed by atoms with Crippen molar-refractivity contribution in [3.05, 3.63) is 0 Å². The first kappa shape index (κ1) is 13.5. The molecule has 2 unspecified atom stereocenters. The molecule has 0 bridgehead atoms.